The normalized spacial score (nSPS) is 19.2. The second-order valence-electron chi connectivity index (χ2n) is 3.96. The minimum atomic E-state index is -0.969. The van der Waals surface area contributed by atoms with Crippen molar-refractivity contribution < 1.29 is 14.7 Å². The summed E-state index contributed by atoms with van der Waals surface area (Å²) in [6.45, 7) is 0.647. The average molecular weight is 238 g/mol. The maximum Gasteiger partial charge on any atom is 0.325 e. The summed E-state index contributed by atoms with van der Waals surface area (Å²) in [6.07, 6.45) is 4.77. The lowest BCUT2D eigenvalue weighted by Gasteiger charge is -2.08. The monoisotopic (exact) mass is 238 g/mol. The van der Waals surface area contributed by atoms with Crippen LogP contribution in [0.3, 0.4) is 0 Å². The lowest BCUT2D eigenvalue weighted by molar-refractivity contribution is -0.137. The SMILES string of the molecule is O=C(O)Cn1cc(NC(=O)[C@@H]2CCCN2)cn1. The van der Waals surface area contributed by atoms with Gasteiger partial charge in [-0.25, -0.2) is 0 Å². The Labute approximate surface area is 97.8 Å². The predicted molar refractivity (Wildman–Crippen MR) is 59.5 cm³/mol. The molecule has 1 aromatic rings. The largest absolute Gasteiger partial charge is 0.480 e. The van der Waals surface area contributed by atoms with Crippen LogP contribution in [0.1, 0.15) is 12.8 Å². The van der Waals surface area contributed by atoms with E-state index in [2.05, 4.69) is 15.7 Å². The Morgan fingerprint density at radius 3 is 3.12 bits per heavy atom. The van der Waals surface area contributed by atoms with Crippen LogP contribution in [-0.2, 0) is 16.1 Å². The summed E-state index contributed by atoms with van der Waals surface area (Å²) in [5.74, 6) is -1.07. The molecule has 17 heavy (non-hydrogen) atoms. The van der Waals surface area contributed by atoms with E-state index in [4.69, 9.17) is 5.11 Å². The lowest BCUT2D eigenvalue weighted by atomic mass is 10.2. The zero-order valence-corrected chi connectivity index (χ0v) is 9.22. The third kappa shape index (κ3) is 3.04. The lowest BCUT2D eigenvalue weighted by Crippen LogP contribution is -2.35. The van der Waals surface area contributed by atoms with Crippen LogP contribution in [0.4, 0.5) is 5.69 Å². The smallest absolute Gasteiger partial charge is 0.325 e. The number of nitrogens with zero attached hydrogens (tertiary/aromatic N) is 2. The summed E-state index contributed by atoms with van der Waals surface area (Å²) < 4.78 is 1.26. The van der Waals surface area contributed by atoms with Crippen molar-refractivity contribution >= 4 is 17.6 Å². The first kappa shape index (κ1) is 11.6. The molecule has 1 aromatic heterocycles. The van der Waals surface area contributed by atoms with E-state index >= 15 is 0 Å². The van der Waals surface area contributed by atoms with Crippen LogP contribution in [0, 0.1) is 0 Å². The molecular weight excluding hydrogens is 224 g/mol. The Morgan fingerprint density at radius 2 is 2.47 bits per heavy atom. The first-order valence-electron chi connectivity index (χ1n) is 5.43. The molecule has 0 spiro atoms. The summed E-state index contributed by atoms with van der Waals surface area (Å²) in [7, 11) is 0. The fraction of sp³-hybridized carbons (Fsp3) is 0.500. The molecule has 0 saturated carbocycles. The van der Waals surface area contributed by atoms with Crippen LogP contribution >= 0.6 is 0 Å². The van der Waals surface area contributed by atoms with Gasteiger partial charge in [0.05, 0.1) is 17.9 Å². The summed E-state index contributed by atoms with van der Waals surface area (Å²) in [5.41, 5.74) is 0.518. The first-order valence-corrected chi connectivity index (χ1v) is 5.43. The van der Waals surface area contributed by atoms with Crippen LogP contribution in [-0.4, -0.2) is 39.4 Å². The van der Waals surface area contributed by atoms with E-state index in [-0.39, 0.29) is 18.5 Å². The summed E-state index contributed by atoms with van der Waals surface area (Å²) in [6, 6.07) is -0.155. The van der Waals surface area contributed by atoms with E-state index in [9.17, 15) is 9.59 Å². The van der Waals surface area contributed by atoms with E-state index in [1.165, 1.54) is 17.1 Å². The van der Waals surface area contributed by atoms with Gasteiger partial charge in [0.15, 0.2) is 0 Å². The zero-order valence-electron chi connectivity index (χ0n) is 9.22. The van der Waals surface area contributed by atoms with Crippen molar-refractivity contribution in [2.75, 3.05) is 11.9 Å². The van der Waals surface area contributed by atoms with Gasteiger partial charge in [0.25, 0.3) is 0 Å². The fourth-order valence-electron chi connectivity index (χ4n) is 1.79. The second-order valence-corrected chi connectivity index (χ2v) is 3.96. The van der Waals surface area contributed by atoms with Gasteiger partial charge in [-0.2, -0.15) is 5.10 Å². The predicted octanol–water partition coefficient (Wildman–Crippen LogP) is -0.342. The molecule has 0 bridgehead atoms. The first-order chi connectivity index (χ1) is 8.15. The Kier molecular flexibility index (Phi) is 3.38. The Morgan fingerprint density at radius 1 is 1.65 bits per heavy atom. The van der Waals surface area contributed by atoms with Gasteiger partial charge >= 0.3 is 5.97 Å². The molecule has 7 nitrogen and oxygen atoms in total. The molecule has 1 aliphatic heterocycles. The fourth-order valence-corrected chi connectivity index (χ4v) is 1.79. The summed E-state index contributed by atoms with van der Waals surface area (Å²) in [5, 5.41) is 18.2. The highest BCUT2D eigenvalue weighted by Crippen LogP contribution is 2.10. The number of carboxylic acid groups (broad SMARTS) is 1. The van der Waals surface area contributed by atoms with E-state index in [0.29, 0.717) is 5.69 Å². The zero-order chi connectivity index (χ0) is 12.3. The van der Waals surface area contributed by atoms with Crippen molar-refractivity contribution in [1.29, 1.82) is 0 Å². The molecule has 0 unspecified atom stereocenters. The molecule has 2 rings (SSSR count). The average Bonchev–Trinajstić information content (AvgIpc) is 2.87. The van der Waals surface area contributed by atoms with Crippen LogP contribution in [0.2, 0.25) is 0 Å². The summed E-state index contributed by atoms with van der Waals surface area (Å²) in [4.78, 5) is 22.2. The molecule has 7 heteroatoms. The van der Waals surface area contributed by atoms with Crippen LogP contribution < -0.4 is 10.6 Å². The molecule has 1 fully saturated rings. The number of anilines is 1. The van der Waals surface area contributed by atoms with Crippen molar-refractivity contribution in [3.05, 3.63) is 12.4 Å². The number of hydrogen-bond donors (Lipinski definition) is 3. The maximum absolute atomic E-state index is 11.7. The number of carbonyl (C=O) groups excluding carboxylic acids is 1. The van der Waals surface area contributed by atoms with E-state index in [1.54, 1.807) is 0 Å². The number of aliphatic carboxylic acids is 1. The van der Waals surface area contributed by atoms with E-state index < -0.39 is 5.97 Å². The number of nitrogens with one attached hydrogen (secondary N) is 2. The van der Waals surface area contributed by atoms with Gasteiger partial charge < -0.3 is 15.7 Å². The van der Waals surface area contributed by atoms with Crippen LogP contribution in [0.15, 0.2) is 12.4 Å². The van der Waals surface area contributed by atoms with Crippen molar-refractivity contribution in [2.24, 2.45) is 0 Å². The molecular formula is C10H14N4O3. The van der Waals surface area contributed by atoms with Crippen LogP contribution in [0.25, 0.3) is 0 Å². The van der Waals surface area contributed by atoms with Crippen molar-refractivity contribution in [3.63, 3.8) is 0 Å². The van der Waals surface area contributed by atoms with Crippen molar-refractivity contribution in [3.8, 4) is 0 Å². The Bertz CT molecular complexity index is 423. The molecule has 0 aromatic carbocycles. The van der Waals surface area contributed by atoms with Gasteiger partial charge in [0.2, 0.25) is 5.91 Å². The molecule has 92 valence electrons. The van der Waals surface area contributed by atoms with Gasteiger partial charge in [-0.05, 0) is 19.4 Å². The third-order valence-electron chi connectivity index (χ3n) is 2.57. The molecule has 1 saturated heterocycles. The number of aromatic nitrogens is 2. The van der Waals surface area contributed by atoms with Gasteiger partial charge in [-0.1, -0.05) is 0 Å². The Hall–Kier alpha value is -1.89. The molecule has 0 radical (unpaired) electrons. The van der Waals surface area contributed by atoms with E-state index in [1.807, 2.05) is 0 Å². The number of hydrogen-bond acceptors (Lipinski definition) is 4. The number of amides is 1. The standard InChI is InChI=1S/C10H14N4O3/c15-9(16)6-14-5-7(4-12-14)13-10(17)8-2-1-3-11-8/h4-5,8,11H,1-3,6H2,(H,13,17)(H,15,16)/t8-/m0/s1. The molecule has 1 aliphatic rings. The molecule has 0 aliphatic carbocycles. The van der Waals surface area contributed by atoms with Gasteiger partial charge in [-0.15, -0.1) is 0 Å². The minimum absolute atomic E-state index is 0.0997. The number of carbonyl (C=O) groups is 2. The Balaban J connectivity index is 1.91. The van der Waals surface area contributed by atoms with Gasteiger partial charge in [0, 0.05) is 6.20 Å². The molecule has 3 N–H and O–H groups in total. The maximum atomic E-state index is 11.7. The molecule has 1 amide bonds. The molecule has 2 heterocycles. The molecule has 1 atom stereocenters. The van der Waals surface area contributed by atoms with Crippen LogP contribution in [0.5, 0.6) is 0 Å². The van der Waals surface area contributed by atoms with E-state index in [0.717, 1.165) is 19.4 Å². The van der Waals surface area contributed by atoms with Crippen molar-refractivity contribution in [1.82, 2.24) is 15.1 Å². The quantitative estimate of drug-likeness (QED) is 0.666. The van der Waals surface area contributed by atoms with Gasteiger partial charge in [-0.3, -0.25) is 14.3 Å². The summed E-state index contributed by atoms with van der Waals surface area (Å²) >= 11 is 0. The highest BCUT2D eigenvalue weighted by Gasteiger charge is 2.22. The number of rotatable bonds is 4. The van der Waals surface area contributed by atoms with Crippen molar-refractivity contribution in [2.45, 2.75) is 25.4 Å². The third-order valence-corrected chi connectivity index (χ3v) is 2.57. The minimum Gasteiger partial charge on any atom is -0.480 e. The second kappa shape index (κ2) is 4.96. The number of carboxylic acids is 1. The highest BCUT2D eigenvalue weighted by atomic mass is 16.4. The van der Waals surface area contributed by atoms with Gasteiger partial charge in [0.1, 0.15) is 6.54 Å². The highest BCUT2D eigenvalue weighted by molar-refractivity contribution is 5.94. The topological polar surface area (TPSA) is 96.2 Å².